The number of benzene rings is 7. The minimum Gasteiger partial charge on any atom is -0.279 e. The molecular formula is C48H30N6. The van der Waals surface area contributed by atoms with Crippen LogP contribution < -0.4 is 0 Å². The lowest BCUT2D eigenvalue weighted by atomic mass is 10.00. The molecule has 0 unspecified atom stereocenters. The maximum atomic E-state index is 5.32. The molecule has 0 bridgehead atoms. The molecule has 252 valence electrons. The van der Waals surface area contributed by atoms with Gasteiger partial charge in [-0.3, -0.25) is 8.97 Å². The smallest absolute Gasteiger partial charge is 0.221 e. The van der Waals surface area contributed by atoms with E-state index in [0.29, 0.717) is 5.82 Å². The summed E-state index contributed by atoms with van der Waals surface area (Å²) >= 11 is 0. The van der Waals surface area contributed by atoms with Gasteiger partial charge in [0.15, 0.2) is 5.82 Å². The van der Waals surface area contributed by atoms with Crippen LogP contribution in [0.1, 0.15) is 0 Å². The van der Waals surface area contributed by atoms with Crippen molar-refractivity contribution in [2.75, 3.05) is 0 Å². The lowest BCUT2D eigenvalue weighted by molar-refractivity contribution is 0.979. The van der Waals surface area contributed by atoms with Gasteiger partial charge in [-0.15, -0.1) is 0 Å². The summed E-state index contributed by atoms with van der Waals surface area (Å²) in [4.78, 5) is 20.6. The molecule has 0 aliphatic heterocycles. The maximum Gasteiger partial charge on any atom is 0.221 e. The van der Waals surface area contributed by atoms with Gasteiger partial charge in [0.05, 0.1) is 39.0 Å². The molecule has 0 amide bonds. The fraction of sp³-hybridized carbons (Fsp3) is 0. The van der Waals surface area contributed by atoms with Gasteiger partial charge in [0.1, 0.15) is 5.65 Å². The van der Waals surface area contributed by atoms with Gasteiger partial charge in [-0.2, -0.15) is 0 Å². The van der Waals surface area contributed by atoms with E-state index < -0.39 is 0 Å². The Morgan fingerprint density at radius 1 is 0.333 bits per heavy atom. The highest BCUT2D eigenvalue weighted by Crippen LogP contribution is 2.37. The highest BCUT2D eigenvalue weighted by atomic mass is 15.2. The second-order valence-corrected chi connectivity index (χ2v) is 13.5. The zero-order chi connectivity index (χ0) is 35.6. The molecule has 54 heavy (non-hydrogen) atoms. The van der Waals surface area contributed by atoms with Gasteiger partial charge < -0.3 is 0 Å². The molecule has 0 aliphatic carbocycles. The third-order valence-electron chi connectivity index (χ3n) is 10.3. The average molecular weight is 691 g/mol. The van der Waals surface area contributed by atoms with E-state index in [2.05, 4.69) is 136 Å². The predicted molar refractivity (Wildman–Crippen MR) is 220 cm³/mol. The number of hydrogen-bond acceptors (Lipinski definition) is 4. The van der Waals surface area contributed by atoms with Crippen molar-refractivity contribution in [3.8, 4) is 51.0 Å². The first-order valence-corrected chi connectivity index (χ1v) is 18.1. The van der Waals surface area contributed by atoms with Crippen molar-refractivity contribution in [1.82, 2.24) is 28.9 Å². The van der Waals surface area contributed by atoms with Crippen LogP contribution in [0.2, 0.25) is 0 Å². The summed E-state index contributed by atoms with van der Waals surface area (Å²) in [6, 6.07) is 63.1. The van der Waals surface area contributed by atoms with Gasteiger partial charge in [-0.05, 0) is 65.7 Å². The molecule has 4 aromatic heterocycles. The fourth-order valence-corrected chi connectivity index (χ4v) is 7.77. The van der Waals surface area contributed by atoms with E-state index in [1.54, 1.807) is 0 Å². The van der Waals surface area contributed by atoms with Crippen LogP contribution >= 0.6 is 0 Å². The van der Waals surface area contributed by atoms with E-state index in [1.807, 2.05) is 54.6 Å². The van der Waals surface area contributed by atoms with Crippen LogP contribution in [0.15, 0.2) is 182 Å². The largest absolute Gasteiger partial charge is 0.279 e. The summed E-state index contributed by atoms with van der Waals surface area (Å²) in [5, 5.41) is 3.33. The Labute approximate surface area is 310 Å². The summed E-state index contributed by atoms with van der Waals surface area (Å²) in [6.07, 6.45) is 0. The zero-order valence-corrected chi connectivity index (χ0v) is 29.0. The van der Waals surface area contributed by atoms with Gasteiger partial charge in [-0.25, -0.2) is 19.9 Å². The van der Waals surface area contributed by atoms with E-state index in [1.165, 1.54) is 0 Å². The first-order chi connectivity index (χ1) is 26.8. The van der Waals surface area contributed by atoms with Crippen LogP contribution in [-0.2, 0) is 0 Å². The molecule has 6 nitrogen and oxygen atoms in total. The Bertz CT molecular complexity index is 3160. The third kappa shape index (κ3) is 4.81. The maximum absolute atomic E-state index is 5.32. The minimum atomic E-state index is 0.689. The lowest BCUT2D eigenvalue weighted by Gasteiger charge is -2.13. The fourth-order valence-electron chi connectivity index (χ4n) is 7.77. The van der Waals surface area contributed by atoms with E-state index >= 15 is 0 Å². The quantitative estimate of drug-likeness (QED) is 0.180. The Kier molecular flexibility index (Phi) is 6.75. The second kappa shape index (κ2) is 12.1. The van der Waals surface area contributed by atoms with Crippen LogP contribution in [0, 0.1) is 0 Å². The van der Waals surface area contributed by atoms with Crippen molar-refractivity contribution < 1.29 is 0 Å². The van der Waals surface area contributed by atoms with Gasteiger partial charge in [0, 0.05) is 32.8 Å². The standard InChI is InChI=1S/C48H30N6/c1-3-14-31(15-4-1)41-30-42(32-16-5-2-6-17-32)50-46(49-41)35-19-13-18-33(28-35)34-26-27-44-38(29-34)36-20-8-11-24-43(36)53(44)48-52-39-22-9-7-21-37(39)47-51-40-23-10-12-25-45(40)54(47)48/h1-30H. The minimum absolute atomic E-state index is 0.689. The summed E-state index contributed by atoms with van der Waals surface area (Å²) in [5.74, 6) is 1.50. The zero-order valence-electron chi connectivity index (χ0n) is 29.0. The molecule has 0 atom stereocenters. The average Bonchev–Trinajstić information content (AvgIpc) is 3.80. The van der Waals surface area contributed by atoms with Crippen LogP contribution in [0.5, 0.6) is 0 Å². The van der Waals surface area contributed by atoms with Gasteiger partial charge in [-0.1, -0.05) is 127 Å². The molecule has 4 heterocycles. The molecule has 6 heteroatoms. The lowest BCUT2D eigenvalue weighted by Crippen LogP contribution is -2.06. The SMILES string of the molecule is c1ccc(-c2cc(-c3ccccc3)nc(-c3cccc(-c4ccc5c(c4)c4ccccc4n5-c4nc5ccccc5c5nc6ccccc6n45)c3)n2)cc1. The van der Waals surface area contributed by atoms with Crippen molar-refractivity contribution in [1.29, 1.82) is 0 Å². The molecule has 0 spiro atoms. The van der Waals surface area contributed by atoms with E-state index in [4.69, 9.17) is 19.9 Å². The van der Waals surface area contributed by atoms with Crippen molar-refractivity contribution >= 4 is 49.4 Å². The molecule has 0 fully saturated rings. The number of hydrogen-bond donors (Lipinski definition) is 0. The molecule has 0 radical (unpaired) electrons. The summed E-state index contributed by atoms with van der Waals surface area (Å²) < 4.78 is 4.49. The Morgan fingerprint density at radius 3 is 1.67 bits per heavy atom. The topological polar surface area (TPSA) is 60.9 Å². The highest BCUT2D eigenvalue weighted by Gasteiger charge is 2.20. The van der Waals surface area contributed by atoms with Crippen LogP contribution in [0.4, 0.5) is 0 Å². The molecular weight excluding hydrogens is 661 g/mol. The first kappa shape index (κ1) is 30.2. The second-order valence-electron chi connectivity index (χ2n) is 13.5. The van der Waals surface area contributed by atoms with E-state index in [9.17, 15) is 0 Å². The number of para-hydroxylation sites is 4. The summed E-state index contributed by atoms with van der Waals surface area (Å²) in [6.45, 7) is 0. The van der Waals surface area contributed by atoms with Gasteiger partial charge in [0.2, 0.25) is 5.95 Å². The van der Waals surface area contributed by atoms with Crippen LogP contribution in [0.3, 0.4) is 0 Å². The molecule has 0 saturated heterocycles. The number of rotatable bonds is 5. The van der Waals surface area contributed by atoms with Crippen LogP contribution in [0.25, 0.3) is 100 Å². The molecule has 0 aliphatic rings. The summed E-state index contributed by atoms with van der Waals surface area (Å²) in [5.41, 5.74) is 13.0. The number of imidazole rings is 1. The van der Waals surface area contributed by atoms with Crippen molar-refractivity contribution in [2.24, 2.45) is 0 Å². The van der Waals surface area contributed by atoms with Crippen molar-refractivity contribution in [3.05, 3.63) is 182 Å². The number of nitrogens with zero attached hydrogens (tertiary/aromatic N) is 6. The first-order valence-electron chi connectivity index (χ1n) is 18.1. The monoisotopic (exact) mass is 690 g/mol. The van der Waals surface area contributed by atoms with Gasteiger partial charge >= 0.3 is 0 Å². The van der Waals surface area contributed by atoms with E-state index in [-0.39, 0.29) is 0 Å². The molecule has 7 aromatic carbocycles. The van der Waals surface area contributed by atoms with Crippen molar-refractivity contribution in [2.45, 2.75) is 0 Å². The third-order valence-corrected chi connectivity index (χ3v) is 10.3. The van der Waals surface area contributed by atoms with Crippen molar-refractivity contribution in [3.63, 3.8) is 0 Å². The normalized spacial score (nSPS) is 11.7. The Balaban J connectivity index is 1.09. The highest BCUT2D eigenvalue weighted by molar-refractivity contribution is 6.11. The number of fused-ring (bicyclic) bond motifs is 8. The Hall–Kier alpha value is -7.44. The number of aromatic nitrogens is 6. The molecule has 0 saturated carbocycles. The van der Waals surface area contributed by atoms with Crippen LogP contribution in [-0.4, -0.2) is 28.9 Å². The predicted octanol–water partition coefficient (Wildman–Crippen LogP) is 11.6. The van der Waals surface area contributed by atoms with Gasteiger partial charge in [0.25, 0.3) is 0 Å². The molecule has 0 N–H and O–H groups in total. The summed E-state index contributed by atoms with van der Waals surface area (Å²) in [7, 11) is 0. The van der Waals surface area contributed by atoms with E-state index in [0.717, 1.165) is 94.5 Å². The molecule has 11 aromatic rings. The molecule has 11 rings (SSSR count). The Morgan fingerprint density at radius 2 is 0.907 bits per heavy atom.